The van der Waals surface area contributed by atoms with Gasteiger partial charge < -0.3 is 19.3 Å². The topological polar surface area (TPSA) is 67.6 Å². The number of ether oxygens (including phenoxy) is 1. The lowest BCUT2D eigenvalue weighted by molar-refractivity contribution is 0.0191. The molecular formula is C17H23BrFN3O3. The summed E-state index contributed by atoms with van der Waals surface area (Å²) in [5.41, 5.74) is 0.623. The zero-order chi connectivity index (χ0) is 18.9. The van der Waals surface area contributed by atoms with Gasteiger partial charge >= 0.3 is 6.09 Å². The number of aliphatic hydroxyl groups excluding tert-OH is 1. The molecule has 0 fully saturated rings. The summed E-state index contributed by atoms with van der Waals surface area (Å²) in [6.07, 6.45) is -1.33. The van der Waals surface area contributed by atoms with Crippen LogP contribution in [0.4, 0.5) is 9.18 Å². The van der Waals surface area contributed by atoms with Crippen molar-refractivity contribution < 1.29 is 19.0 Å². The first-order chi connectivity index (χ1) is 11.5. The Balaban J connectivity index is 2.13. The zero-order valence-corrected chi connectivity index (χ0v) is 16.6. The maximum Gasteiger partial charge on any atom is 0.410 e. The van der Waals surface area contributed by atoms with Gasteiger partial charge in [0.25, 0.3) is 0 Å². The molecule has 1 aromatic heterocycles. The third-order valence-corrected chi connectivity index (χ3v) is 4.14. The smallest absolute Gasteiger partial charge is 0.410 e. The number of carbonyl (C=O) groups excluding carboxylic acids is 1. The van der Waals surface area contributed by atoms with E-state index in [1.807, 2.05) is 0 Å². The third kappa shape index (κ3) is 4.92. The minimum Gasteiger partial charge on any atom is -0.444 e. The first kappa shape index (κ1) is 19.7. The Bertz CT molecular complexity index is 786. The molecule has 1 aromatic carbocycles. The number of nitrogens with zero attached hydrogens (tertiary/aromatic N) is 3. The van der Waals surface area contributed by atoms with Crippen molar-refractivity contribution in [2.24, 2.45) is 0 Å². The number of hydrogen-bond donors (Lipinski definition) is 1. The van der Waals surface area contributed by atoms with Crippen LogP contribution in [0.25, 0.3) is 11.0 Å². The van der Waals surface area contributed by atoms with Crippen molar-refractivity contribution in [2.75, 3.05) is 13.6 Å². The van der Waals surface area contributed by atoms with Gasteiger partial charge in [0.1, 0.15) is 17.2 Å². The molecule has 0 spiro atoms. The van der Waals surface area contributed by atoms with Crippen LogP contribution in [0.3, 0.4) is 0 Å². The van der Waals surface area contributed by atoms with E-state index >= 15 is 0 Å². The van der Waals surface area contributed by atoms with Gasteiger partial charge in [0.2, 0.25) is 0 Å². The van der Waals surface area contributed by atoms with Crippen LogP contribution < -0.4 is 0 Å². The molecule has 0 saturated carbocycles. The molecule has 0 bridgehead atoms. The molecular weight excluding hydrogens is 393 g/mol. The van der Waals surface area contributed by atoms with E-state index < -0.39 is 17.8 Å². The first-order valence-corrected chi connectivity index (χ1v) is 8.71. The highest BCUT2D eigenvalue weighted by Crippen LogP contribution is 2.26. The molecule has 0 radical (unpaired) electrons. The van der Waals surface area contributed by atoms with Gasteiger partial charge in [-0.15, -0.1) is 0 Å². The Labute approximate surface area is 154 Å². The second-order valence-corrected chi connectivity index (χ2v) is 7.89. The molecule has 138 valence electrons. The highest BCUT2D eigenvalue weighted by Gasteiger charge is 2.22. The summed E-state index contributed by atoms with van der Waals surface area (Å²) in [6, 6.07) is 2.71. The molecule has 2 aromatic rings. The lowest BCUT2D eigenvalue weighted by Crippen LogP contribution is -2.39. The van der Waals surface area contributed by atoms with Gasteiger partial charge in [0.15, 0.2) is 0 Å². The predicted molar refractivity (Wildman–Crippen MR) is 97.0 cm³/mol. The number of amides is 1. The number of aromatic nitrogens is 2. The van der Waals surface area contributed by atoms with Crippen LogP contribution in [0.2, 0.25) is 0 Å². The van der Waals surface area contributed by atoms with Crippen molar-refractivity contribution in [2.45, 2.75) is 45.9 Å². The van der Waals surface area contributed by atoms with E-state index in [9.17, 15) is 14.3 Å². The summed E-state index contributed by atoms with van der Waals surface area (Å²) >= 11 is 3.34. The number of aryl methyl sites for hydroxylation is 1. The molecule has 6 nitrogen and oxygen atoms in total. The maximum absolute atomic E-state index is 13.5. The fourth-order valence-electron chi connectivity index (χ4n) is 2.52. The standard InChI is InChI=1S/C17H23BrFN3O3/c1-10-20-14-7-11(19)6-13(18)15(14)22(10)9-12(23)8-21(5)16(24)25-17(2,3)4/h6-7,12,23H,8-9H2,1-5H3. The molecule has 0 aliphatic carbocycles. The second-order valence-electron chi connectivity index (χ2n) is 7.04. The second kappa shape index (κ2) is 7.29. The molecule has 1 heterocycles. The molecule has 0 aliphatic rings. The fourth-order valence-corrected chi connectivity index (χ4v) is 3.16. The lowest BCUT2D eigenvalue weighted by Gasteiger charge is -2.26. The number of carbonyl (C=O) groups is 1. The van der Waals surface area contributed by atoms with E-state index in [1.54, 1.807) is 39.3 Å². The number of imidazole rings is 1. The highest BCUT2D eigenvalue weighted by atomic mass is 79.9. The van der Waals surface area contributed by atoms with Crippen molar-refractivity contribution >= 4 is 33.1 Å². The van der Waals surface area contributed by atoms with Crippen molar-refractivity contribution in [1.82, 2.24) is 14.5 Å². The Morgan fingerprint density at radius 3 is 2.72 bits per heavy atom. The number of benzene rings is 1. The number of fused-ring (bicyclic) bond motifs is 1. The van der Waals surface area contributed by atoms with Crippen LogP contribution in [-0.4, -0.2) is 50.9 Å². The van der Waals surface area contributed by atoms with Gasteiger partial charge in [-0.05, 0) is 49.7 Å². The molecule has 1 atom stereocenters. The monoisotopic (exact) mass is 415 g/mol. The molecule has 25 heavy (non-hydrogen) atoms. The summed E-state index contributed by atoms with van der Waals surface area (Å²) in [6.45, 7) is 7.47. The van der Waals surface area contributed by atoms with E-state index in [1.165, 1.54) is 17.0 Å². The van der Waals surface area contributed by atoms with Gasteiger partial charge in [-0.2, -0.15) is 0 Å². The fraction of sp³-hybridized carbons (Fsp3) is 0.529. The van der Waals surface area contributed by atoms with E-state index in [2.05, 4.69) is 20.9 Å². The predicted octanol–water partition coefficient (Wildman–Crippen LogP) is 3.47. The number of halogens is 2. The van der Waals surface area contributed by atoms with E-state index in [0.717, 1.165) is 0 Å². The Hall–Kier alpha value is -1.67. The minimum absolute atomic E-state index is 0.104. The summed E-state index contributed by atoms with van der Waals surface area (Å²) in [5.74, 6) is 0.273. The molecule has 0 saturated heterocycles. The summed E-state index contributed by atoms with van der Waals surface area (Å²) < 4.78 is 21.1. The average Bonchev–Trinajstić information content (AvgIpc) is 2.72. The summed E-state index contributed by atoms with van der Waals surface area (Å²) in [5, 5.41) is 10.4. The molecule has 8 heteroatoms. The van der Waals surface area contributed by atoms with Crippen LogP contribution in [0.1, 0.15) is 26.6 Å². The molecule has 0 aliphatic heterocycles. The minimum atomic E-state index is -0.828. The molecule has 1 amide bonds. The largest absolute Gasteiger partial charge is 0.444 e. The first-order valence-electron chi connectivity index (χ1n) is 7.92. The van der Waals surface area contributed by atoms with Gasteiger partial charge in [-0.3, -0.25) is 0 Å². The number of likely N-dealkylation sites (N-methyl/N-ethyl adjacent to an activating group) is 1. The lowest BCUT2D eigenvalue weighted by atomic mass is 10.2. The summed E-state index contributed by atoms with van der Waals surface area (Å²) in [4.78, 5) is 17.7. The van der Waals surface area contributed by atoms with Crippen LogP contribution in [-0.2, 0) is 11.3 Å². The SMILES string of the molecule is Cc1nc2cc(F)cc(Br)c2n1CC(O)CN(C)C(=O)OC(C)(C)C. The highest BCUT2D eigenvalue weighted by molar-refractivity contribution is 9.10. The van der Waals surface area contributed by atoms with Crippen LogP contribution >= 0.6 is 15.9 Å². The van der Waals surface area contributed by atoms with Gasteiger partial charge in [0, 0.05) is 17.6 Å². The number of rotatable bonds is 4. The van der Waals surface area contributed by atoms with Crippen molar-refractivity contribution in [1.29, 1.82) is 0 Å². The Kier molecular flexibility index (Phi) is 5.73. The van der Waals surface area contributed by atoms with E-state index in [4.69, 9.17) is 4.74 Å². The van der Waals surface area contributed by atoms with Crippen molar-refractivity contribution in [3.63, 3.8) is 0 Å². The maximum atomic E-state index is 13.5. The normalized spacial score (nSPS) is 13.1. The van der Waals surface area contributed by atoms with Crippen molar-refractivity contribution in [3.8, 4) is 0 Å². The van der Waals surface area contributed by atoms with E-state index in [0.29, 0.717) is 21.3 Å². The van der Waals surface area contributed by atoms with Crippen LogP contribution in [0.5, 0.6) is 0 Å². The van der Waals surface area contributed by atoms with Gasteiger partial charge in [0.05, 0.1) is 30.2 Å². The Morgan fingerprint density at radius 2 is 2.12 bits per heavy atom. The quantitative estimate of drug-likeness (QED) is 0.829. The zero-order valence-electron chi connectivity index (χ0n) is 15.0. The third-order valence-electron chi connectivity index (χ3n) is 3.53. The molecule has 1 N–H and O–H groups in total. The van der Waals surface area contributed by atoms with Gasteiger partial charge in [-0.1, -0.05) is 0 Å². The average molecular weight is 416 g/mol. The van der Waals surface area contributed by atoms with Crippen LogP contribution in [0, 0.1) is 12.7 Å². The van der Waals surface area contributed by atoms with Gasteiger partial charge in [-0.25, -0.2) is 14.2 Å². The van der Waals surface area contributed by atoms with Crippen molar-refractivity contribution in [3.05, 3.63) is 28.2 Å². The molecule has 1 unspecified atom stereocenters. The van der Waals surface area contributed by atoms with E-state index in [-0.39, 0.29) is 18.9 Å². The number of hydrogen-bond acceptors (Lipinski definition) is 4. The summed E-state index contributed by atoms with van der Waals surface area (Å²) in [7, 11) is 1.57. The Morgan fingerprint density at radius 1 is 1.48 bits per heavy atom. The molecule has 2 rings (SSSR count). The van der Waals surface area contributed by atoms with Crippen LogP contribution in [0.15, 0.2) is 16.6 Å². The number of aliphatic hydroxyl groups is 1.